The quantitative estimate of drug-likeness (QED) is 0.940. The van der Waals surface area contributed by atoms with Crippen molar-refractivity contribution in [1.82, 2.24) is 9.29 Å². The highest BCUT2D eigenvalue weighted by molar-refractivity contribution is 7.89. The van der Waals surface area contributed by atoms with Gasteiger partial charge in [0.2, 0.25) is 15.6 Å². The number of hydrogen-bond donors (Lipinski definition) is 1. The predicted molar refractivity (Wildman–Crippen MR) is 80.5 cm³/mol. The number of pyridine rings is 1. The third kappa shape index (κ3) is 2.77. The fourth-order valence-corrected chi connectivity index (χ4v) is 4.08. The standard InChI is InChI=1S/C15H16N2O3S/c18-15-8-4-7-14(16-15)12-5-3-6-13(11-12)21(19,20)17-9-1-2-10-17/h3-8,11H,1-2,9-10H2,(H,16,18). The Kier molecular flexibility index (Phi) is 3.65. The fraction of sp³-hybridized carbons (Fsp3) is 0.267. The number of aromatic nitrogens is 1. The van der Waals surface area contributed by atoms with Gasteiger partial charge in [0.05, 0.1) is 4.90 Å². The molecule has 2 aromatic rings. The molecule has 3 rings (SSSR count). The van der Waals surface area contributed by atoms with Crippen LogP contribution in [0.25, 0.3) is 11.3 Å². The van der Waals surface area contributed by atoms with E-state index in [9.17, 15) is 13.2 Å². The molecule has 1 saturated heterocycles. The summed E-state index contributed by atoms with van der Waals surface area (Å²) in [5.41, 5.74) is 1.09. The van der Waals surface area contributed by atoms with Crippen molar-refractivity contribution in [3.8, 4) is 11.3 Å². The Bertz CT molecular complexity index is 805. The molecule has 1 aliphatic rings. The molecule has 0 spiro atoms. The Hall–Kier alpha value is -1.92. The van der Waals surface area contributed by atoms with E-state index in [0.717, 1.165) is 12.8 Å². The molecule has 2 heterocycles. The van der Waals surface area contributed by atoms with Crippen LogP contribution in [0.15, 0.2) is 52.2 Å². The highest BCUT2D eigenvalue weighted by Crippen LogP contribution is 2.24. The molecule has 5 nitrogen and oxygen atoms in total. The smallest absolute Gasteiger partial charge is 0.248 e. The highest BCUT2D eigenvalue weighted by Gasteiger charge is 2.27. The number of sulfonamides is 1. The molecule has 6 heteroatoms. The second-order valence-corrected chi connectivity index (χ2v) is 7.01. The molecule has 1 aliphatic heterocycles. The summed E-state index contributed by atoms with van der Waals surface area (Å²) in [7, 11) is -3.44. The molecule has 0 atom stereocenters. The third-order valence-corrected chi connectivity index (χ3v) is 5.51. The first-order chi connectivity index (χ1) is 10.1. The third-order valence-electron chi connectivity index (χ3n) is 3.62. The highest BCUT2D eigenvalue weighted by atomic mass is 32.2. The SMILES string of the molecule is O=c1cccc(-c2cccc(S(=O)(=O)N3CCCC3)c2)[nH]1. The maximum absolute atomic E-state index is 12.5. The molecule has 0 saturated carbocycles. The summed E-state index contributed by atoms with van der Waals surface area (Å²) in [5, 5.41) is 0. The number of H-pyrrole nitrogens is 1. The van der Waals surface area contributed by atoms with Crippen LogP contribution in [-0.2, 0) is 10.0 Å². The molecule has 0 radical (unpaired) electrons. The summed E-state index contributed by atoms with van der Waals surface area (Å²) in [4.78, 5) is 14.4. The van der Waals surface area contributed by atoms with Gasteiger partial charge in [-0.2, -0.15) is 4.31 Å². The van der Waals surface area contributed by atoms with Gasteiger partial charge in [0.25, 0.3) is 0 Å². The average Bonchev–Trinajstić information content (AvgIpc) is 3.02. The van der Waals surface area contributed by atoms with Crippen LogP contribution in [0.1, 0.15) is 12.8 Å². The van der Waals surface area contributed by atoms with Crippen LogP contribution in [0.3, 0.4) is 0 Å². The zero-order chi connectivity index (χ0) is 14.9. The van der Waals surface area contributed by atoms with E-state index >= 15 is 0 Å². The van der Waals surface area contributed by atoms with Crippen molar-refractivity contribution in [3.05, 3.63) is 52.8 Å². The second-order valence-electron chi connectivity index (χ2n) is 5.07. The average molecular weight is 304 g/mol. The number of nitrogens with zero attached hydrogens (tertiary/aromatic N) is 1. The molecule has 110 valence electrons. The monoisotopic (exact) mass is 304 g/mol. The minimum Gasteiger partial charge on any atom is -0.322 e. The van der Waals surface area contributed by atoms with Crippen LogP contribution in [-0.4, -0.2) is 30.8 Å². The Morgan fingerprint density at radius 2 is 1.71 bits per heavy atom. The lowest BCUT2D eigenvalue weighted by Crippen LogP contribution is -2.27. The first-order valence-corrected chi connectivity index (χ1v) is 8.31. The van der Waals surface area contributed by atoms with Gasteiger partial charge < -0.3 is 4.98 Å². The van der Waals surface area contributed by atoms with E-state index in [1.165, 1.54) is 10.4 Å². The molecule has 0 aliphatic carbocycles. The lowest BCUT2D eigenvalue weighted by molar-refractivity contribution is 0.477. The lowest BCUT2D eigenvalue weighted by atomic mass is 10.1. The number of rotatable bonds is 3. The van der Waals surface area contributed by atoms with Crippen molar-refractivity contribution in [3.63, 3.8) is 0 Å². The van der Waals surface area contributed by atoms with E-state index in [0.29, 0.717) is 24.3 Å². The van der Waals surface area contributed by atoms with E-state index in [1.54, 1.807) is 36.4 Å². The molecule has 1 fully saturated rings. The first-order valence-electron chi connectivity index (χ1n) is 6.87. The molecule has 0 bridgehead atoms. The van der Waals surface area contributed by atoms with Gasteiger partial charge >= 0.3 is 0 Å². The Morgan fingerprint density at radius 3 is 2.43 bits per heavy atom. The summed E-state index contributed by atoms with van der Waals surface area (Å²) in [6, 6.07) is 11.5. The molecule has 1 N–H and O–H groups in total. The second kappa shape index (κ2) is 5.46. The zero-order valence-electron chi connectivity index (χ0n) is 11.5. The fourth-order valence-electron chi connectivity index (χ4n) is 2.52. The number of hydrogen-bond acceptors (Lipinski definition) is 3. The van der Waals surface area contributed by atoms with Gasteiger partial charge in [-0.05, 0) is 36.6 Å². The normalized spacial score (nSPS) is 16.2. The number of aromatic amines is 1. The Labute approximate surface area is 123 Å². The Balaban J connectivity index is 2.02. The molecule has 1 aromatic heterocycles. The maximum Gasteiger partial charge on any atom is 0.248 e. The molecular weight excluding hydrogens is 288 g/mol. The molecule has 21 heavy (non-hydrogen) atoms. The summed E-state index contributed by atoms with van der Waals surface area (Å²) < 4.78 is 26.6. The van der Waals surface area contributed by atoms with Crippen LogP contribution >= 0.6 is 0 Å². The predicted octanol–water partition coefficient (Wildman–Crippen LogP) is 1.83. The van der Waals surface area contributed by atoms with Crippen molar-refractivity contribution >= 4 is 10.0 Å². The molecule has 1 aromatic carbocycles. The van der Waals surface area contributed by atoms with Crippen LogP contribution in [0.5, 0.6) is 0 Å². The maximum atomic E-state index is 12.5. The van der Waals surface area contributed by atoms with Gasteiger partial charge in [-0.15, -0.1) is 0 Å². The van der Waals surface area contributed by atoms with Crippen LogP contribution in [0, 0.1) is 0 Å². The van der Waals surface area contributed by atoms with Gasteiger partial charge in [0.1, 0.15) is 0 Å². The van der Waals surface area contributed by atoms with E-state index in [1.807, 2.05) is 0 Å². The minimum atomic E-state index is -3.44. The van der Waals surface area contributed by atoms with Crippen molar-refractivity contribution < 1.29 is 8.42 Å². The Morgan fingerprint density at radius 1 is 1.00 bits per heavy atom. The van der Waals surface area contributed by atoms with E-state index in [-0.39, 0.29) is 10.5 Å². The van der Waals surface area contributed by atoms with E-state index in [2.05, 4.69) is 4.98 Å². The number of nitrogens with one attached hydrogen (secondary N) is 1. The van der Waals surface area contributed by atoms with E-state index in [4.69, 9.17) is 0 Å². The molecule has 0 unspecified atom stereocenters. The van der Waals surface area contributed by atoms with Gasteiger partial charge in [-0.1, -0.05) is 18.2 Å². The van der Waals surface area contributed by atoms with Crippen molar-refractivity contribution in [2.75, 3.05) is 13.1 Å². The van der Waals surface area contributed by atoms with Gasteiger partial charge in [-0.25, -0.2) is 8.42 Å². The summed E-state index contributed by atoms with van der Waals surface area (Å²) in [6.07, 6.45) is 1.82. The van der Waals surface area contributed by atoms with Crippen molar-refractivity contribution in [2.24, 2.45) is 0 Å². The van der Waals surface area contributed by atoms with Gasteiger partial charge in [0, 0.05) is 24.8 Å². The zero-order valence-corrected chi connectivity index (χ0v) is 12.3. The summed E-state index contributed by atoms with van der Waals surface area (Å²) >= 11 is 0. The topological polar surface area (TPSA) is 70.2 Å². The molecule has 0 amide bonds. The summed E-state index contributed by atoms with van der Waals surface area (Å²) in [6.45, 7) is 1.16. The van der Waals surface area contributed by atoms with Crippen LogP contribution in [0.4, 0.5) is 0 Å². The van der Waals surface area contributed by atoms with Crippen molar-refractivity contribution in [2.45, 2.75) is 17.7 Å². The van der Waals surface area contributed by atoms with Crippen LogP contribution in [0.2, 0.25) is 0 Å². The largest absolute Gasteiger partial charge is 0.322 e. The number of benzene rings is 1. The van der Waals surface area contributed by atoms with E-state index < -0.39 is 10.0 Å². The van der Waals surface area contributed by atoms with Gasteiger partial charge in [0.15, 0.2) is 0 Å². The molecular formula is C15H16N2O3S. The summed E-state index contributed by atoms with van der Waals surface area (Å²) in [5.74, 6) is 0. The first kappa shape index (κ1) is 14.0. The van der Waals surface area contributed by atoms with Crippen LogP contribution < -0.4 is 5.56 Å². The lowest BCUT2D eigenvalue weighted by Gasteiger charge is -2.16. The van der Waals surface area contributed by atoms with Gasteiger partial charge in [-0.3, -0.25) is 4.79 Å². The van der Waals surface area contributed by atoms with Crippen molar-refractivity contribution in [1.29, 1.82) is 0 Å². The minimum absolute atomic E-state index is 0.208.